The first kappa shape index (κ1) is 14.3. The summed E-state index contributed by atoms with van der Waals surface area (Å²) in [5.74, 6) is -1.05. The van der Waals surface area contributed by atoms with Crippen LogP contribution in [-0.4, -0.2) is 64.1 Å². The molecule has 2 heterocycles. The Balaban J connectivity index is 1.74. The summed E-state index contributed by atoms with van der Waals surface area (Å²) in [5, 5.41) is 15.8. The molecule has 1 atom stereocenters. The zero-order chi connectivity index (χ0) is 14.4. The quantitative estimate of drug-likeness (QED) is 0.727. The van der Waals surface area contributed by atoms with E-state index in [0.29, 0.717) is 26.2 Å². The summed E-state index contributed by atoms with van der Waals surface area (Å²) < 4.78 is 6.86. The Kier molecular flexibility index (Phi) is 4.94. The number of carboxylic acids is 1. The van der Waals surface area contributed by atoms with E-state index in [2.05, 4.69) is 10.4 Å². The molecule has 0 spiro atoms. The minimum Gasteiger partial charge on any atom is -0.480 e. The Labute approximate surface area is 116 Å². The standard InChI is InChI=1S/C12H18N4O4/c17-11(18)10-9-20-8-7-16(10)12(19)13-3-1-5-15-6-2-4-14-15/h2,4,6,10H,1,3,5,7-9H2,(H,13,19)(H,17,18). The predicted octanol–water partition coefficient (Wildman–Crippen LogP) is -0.232. The minimum absolute atomic E-state index is 0.0377. The van der Waals surface area contributed by atoms with Crippen LogP contribution in [0, 0.1) is 0 Å². The number of aliphatic carboxylic acids is 1. The molecule has 1 aromatic rings. The number of carboxylic acid groups (broad SMARTS) is 1. The molecule has 2 amide bonds. The van der Waals surface area contributed by atoms with Crippen molar-refractivity contribution in [3.05, 3.63) is 18.5 Å². The van der Waals surface area contributed by atoms with Crippen LogP contribution in [0.15, 0.2) is 18.5 Å². The number of nitrogens with zero attached hydrogens (tertiary/aromatic N) is 3. The molecule has 20 heavy (non-hydrogen) atoms. The van der Waals surface area contributed by atoms with Crippen LogP contribution in [0.25, 0.3) is 0 Å². The number of amides is 2. The number of rotatable bonds is 5. The van der Waals surface area contributed by atoms with Crippen molar-refractivity contribution in [2.24, 2.45) is 0 Å². The molecular formula is C12H18N4O4. The molecule has 0 aliphatic carbocycles. The SMILES string of the molecule is O=C(O)C1COCCN1C(=O)NCCCn1cccn1. The van der Waals surface area contributed by atoms with Crippen molar-refractivity contribution in [3.63, 3.8) is 0 Å². The van der Waals surface area contributed by atoms with Gasteiger partial charge in [-0.25, -0.2) is 9.59 Å². The Morgan fingerprint density at radius 3 is 3.05 bits per heavy atom. The lowest BCUT2D eigenvalue weighted by atomic mass is 10.2. The molecule has 1 aliphatic heterocycles. The average molecular weight is 282 g/mol. The van der Waals surface area contributed by atoms with Gasteiger partial charge < -0.3 is 20.1 Å². The highest BCUT2D eigenvalue weighted by Crippen LogP contribution is 2.07. The van der Waals surface area contributed by atoms with Crippen LogP contribution in [0.1, 0.15) is 6.42 Å². The molecule has 1 fully saturated rings. The van der Waals surface area contributed by atoms with Crippen molar-refractivity contribution < 1.29 is 19.4 Å². The number of ether oxygens (including phenoxy) is 1. The van der Waals surface area contributed by atoms with Crippen LogP contribution < -0.4 is 5.32 Å². The first-order valence-electron chi connectivity index (χ1n) is 6.51. The molecule has 0 saturated carbocycles. The van der Waals surface area contributed by atoms with Crippen molar-refractivity contribution in [2.45, 2.75) is 19.0 Å². The van der Waals surface area contributed by atoms with Crippen LogP contribution in [0.4, 0.5) is 4.79 Å². The lowest BCUT2D eigenvalue weighted by Crippen LogP contribution is -2.55. The summed E-state index contributed by atoms with van der Waals surface area (Å²) in [6, 6.07) is 0.570. The number of aryl methyl sites for hydroxylation is 1. The lowest BCUT2D eigenvalue weighted by molar-refractivity contribution is -0.147. The Morgan fingerprint density at radius 2 is 2.35 bits per heavy atom. The van der Waals surface area contributed by atoms with Gasteiger partial charge in [0.25, 0.3) is 0 Å². The van der Waals surface area contributed by atoms with Crippen molar-refractivity contribution in [1.29, 1.82) is 0 Å². The molecule has 1 aliphatic rings. The second-order valence-electron chi connectivity index (χ2n) is 4.48. The third-order valence-electron chi connectivity index (χ3n) is 3.07. The van der Waals surface area contributed by atoms with E-state index in [1.54, 1.807) is 10.9 Å². The summed E-state index contributed by atoms with van der Waals surface area (Å²) in [5.41, 5.74) is 0. The van der Waals surface area contributed by atoms with Crippen LogP contribution in [0.3, 0.4) is 0 Å². The smallest absolute Gasteiger partial charge is 0.328 e. The summed E-state index contributed by atoms with van der Waals surface area (Å²) in [6.07, 6.45) is 4.28. The van der Waals surface area contributed by atoms with Crippen molar-refractivity contribution in [2.75, 3.05) is 26.3 Å². The molecular weight excluding hydrogens is 264 g/mol. The Hall–Kier alpha value is -2.09. The van der Waals surface area contributed by atoms with Gasteiger partial charge in [0.2, 0.25) is 0 Å². The third-order valence-corrected chi connectivity index (χ3v) is 3.07. The Morgan fingerprint density at radius 1 is 1.50 bits per heavy atom. The molecule has 2 rings (SSSR count). The van der Waals surface area contributed by atoms with Crippen molar-refractivity contribution in [1.82, 2.24) is 20.0 Å². The topological polar surface area (TPSA) is 96.7 Å². The molecule has 8 nitrogen and oxygen atoms in total. The second kappa shape index (κ2) is 6.90. The number of urea groups is 1. The monoisotopic (exact) mass is 282 g/mol. The van der Waals surface area contributed by atoms with E-state index in [1.165, 1.54) is 4.90 Å². The first-order valence-corrected chi connectivity index (χ1v) is 6.51. The predicted molar refractivity (Wildman–Crippen MR) is 69.2 cm³/mol. The molecule has 2 N–H and O–H groups in total. The summed E-state index contributed by atoms with van der Waals surface area (Å²) >= 11 is 0. The van der Waals surface area contributed by atoms with Crippen molar-refractivity contribution >= 4 is 12.0 Å². The molecule has 0 radical (unpaired) electrons. The second-order valence-corrected chi connectivity index (χ2v) is 4.48. The number of morpholine rings is 1. The van der Waals surface area contributed by atoms with Crippen molar-refractivity contribution in [3.8, 4) is 0 Å². The van der Waals surface area contributed by atoms with Gasteiger partial charge in [0.15, 0.2) is 6.04 Å². The maximum absolute atomic E-state index is 11.9. The number of aromatic nitrogens is 2. The third kappa shape index (κ3) is 3.70. The minimum atomic E-state index is -1.05. The van der Waals surface area contributed by atoms with Crippen LogP contribution in [-0.2, 0) is 16.1 Å². The van der Waals surface area contributed by atoms with Gasteiger partial charge >= 0.3 is 12.0 Å². The molecule has 1 aromatic heterocycles. The fraction of sp³-hybridized carbons (Fsp3) is 0.583. The summed E-state index contributed by atoms with van der Waals surface area (Å²) in [4.78, 5) is 24.3. The summed E-state index contributed by atoms with van der Waals surface area (Å²) in [7, 11) is 0. The van der Waals surface area contributed by atoms with E-state index >= 15 is 0 Å². The van der Waals surface area contributed by atoms with E-state index in [9.17, 15) is 9.59 Å². The zero-order valence-corrected chi connectivity index (χ0v) is 11.1. The van der Waals surface area contributed by atoms with Gasteiger partial charge in [-0.3, -0.25) is 4.68 Å². The van der Waals surface area contributed by atoms with E-state index in [4.69, 9.17) is 9.84 Å². The molecule has 0 bridgehead atoms. The normalized spacial score (nSPS) is 18.8. The highest BCUT2D eigenvalue weighted by atomic mass is 16.5. The van der Waals surface area contributed by atoms with E-state index < -0.39 is 12.0 Å². The summed E-state index contributed by atoms with van der Waals surface area (Å²) in [6.45, 7) is 1.88. The molecule has 8 heteroatoms. The number of hydrogen-bond acceptors (Lipinski definition) is 4. The maximum Gasteiger partial charge on any atom is 0.328 e. The fourth-order valence-corrected chi connectivity index (χ4v) is 2.02. The van der Waals surface area contributed by atoms with Gasteiger partial charge in [0.05, 0.1) is 13.2 Å². The fourth-order valence-electron chi connectivity index (χ4n) is 2.02. The number of carbonyl (C=O) groups is 2. The van der Waals surface area contributed by atoms with Gasteiger partial charge in [-0.2, -0.15) is 5.10 Å². The zero-order valence-electron chi connectivity index (χ0n) is 11.1. The van der Waals surface area contributed by atoms with E-state index in [0.717, 1.165) is 6.42 Å². The number of nitrogens with one attached hydrogen (secondary N) is 1. The number of carbonyl (C=O) groups excluding carboxylic acids is 1. The average Bonchev–Trinajstić information content (AvgIpc) is 2.96. The Bertz CT molecular complexity index is 448. The van der Waals surface area contributed by atoms with E-state index in [1.807, 2.05) is 12.3 Å². The molecule has 1 unspecified atom stereocenters. The molecule has 110 valence electrons. The number of hydrogen-bond donors (Lipinski definition) is 2. The highest BCUT2D eigenvalue weighted by molar-refractivity contribution is 5.82. The van der Waals surface area contributed by atoms with Gasteiger partial charge in [0, 0.05) is 32.0 Å². The largest absolute Gasteiger partial charge is 0.480 e. The highest BCUT2D eigenvalue weighted by Gasteiger charge is 2.32. The van der Waals surface area contributed by atoms with Gasteiger partial charge in [0.1, 0.15) is 0 Å². The molecule has 0 aromatic carbocycles. The van der Waals surface area contributed by atoms with Crippen LogP contribution in [0.2, 0.25) is 0 Å². The molecule has 1 saturated heterocycles. The first-order chi connectivity index (χ1) is 9.68. The van der Waals surface area contributed by atoms with Gasteiger partial charge in [-0.15, -0.1) is 0 Å². The van der Waals surface area contributed by atoms with Gasteiger partial charge in [-0.1, -0.05) is 0 Å². The maximum atomic E-state index is 11.9. The van der Waals surface area contributed by atoms with Gasteiger partial charge in [-0.05, 0) is 12.5 Å². The lowest BCUT2D eigenvalue weighted by Gasteiger charge is -2.32. The van der Waals surface area contributed by atoms with Crippen LogP contribution >= 0.6 is 0 Å². The van der Waals surface area contributed by atoms with Crippen LogP contribution in [0.5, 0.6) is 0 Å². The van der Waals surface area contributed by atoms with E-state index in [-0.39, 0.29) is 12.6 Å².